The number of hydrogen-bond donors (Lipinski definition) is 4. The minimum absolute atomic E-state index is 0.0987. The minimum Gasteiger partial charge on any atom is -0.395 e. The van der Waals surface area contributed by atoms with E-state index in [0.717, 1.165) is 23.6 Å². The number of nitrogens with zero attached hydrogens (tertiary/aromatic N) is 4. The molecule has 3 aliphatic carbocycles. The maximum absolute atomic E-state index is 13.7. The lowest BCUT2D eigenvalue weighted by Crippen LogP contribution is -2.58. The highest BCUT2D eigenvalue weighted by molar-refractivity contribution is 6.35. The van der Waals surface area contributed by atoms with Crippen LogP contribution in [0.5, 0.6) is 0 Å². The van der Waals surface area contributed by atoms with Gasteiger partial charge >= 0.3 is 0 Å². The molecule has 4 aliphatic rings. The van der Waals surface area contributed by atoms with Gasteiger partial charge in [-0.25, -0.2) is 9.98 Å². The molecule has 1 unspecified atom stereocenters. The standard InChI is InChI=1S/C32H40Cl2N6O3/c1-18-25-12-20(32(25,2)3)13-27(18)37-31(39-16-23(42)17-39)36-22-6-7-24-28(15-22)38-30(35-9-11-41)40(29(24)43)10-8-19-4-5-21(33)14-26(19)34/h4-7,14-15,18,20,23,25,27,41-42H,8-13,16-17H2,1-3H3,(H,35,38)(H,36,37)/t18-,20-,25+,27?/m0/s1. The van der Waals surface area contributed by atoms with Gasteiger partial charge in [-0.2, -0.15) is 0 Å². The molecule has 4 fully saturated rings. The van der Waals surface area contributed by atoms with E-state index in [1.807, 2.05) is 18.2 Å². The number of aliphatic hydroxyl groups is 2. The number of rotatable bonds is 8. The predicted molar refractivity (Wildman–Crippen MR) is 173 cm³/mol. The van der Waals surface area contributed by atoms with E-state index in [9.17, 15) is 15.0 Å². The fraction of sp³-hybridized carbons (Fsp3) is 0.531. The molecule has 7 rings (SSSR count). The average molecular weight is 628 g/mol. The number of guanidine groups is 1. The van der Waals surface area contributed by atoms with Gasteiger partial charge in [0.25, 0.3) is 5.56 Å². The Labute approximate surface area is 261 Å². The summed E-state index contributed by atoms with van der Waals surface area (Å²) in [5.41, 5.74) is 2.38. The minimum atomic E-state index is -0.359. The molecule has 1 aliphatic heterocycles. The summed E-state index contributed by atoms with van der Waals surface area (Å²) >= 11 is 12.4. The van der Waals surface area contributed by atoms with Gasteiger partial charge in [0.15, 0.2) is 5.96 Å². The number of fused-ring (bicyclic) bond motifs is 3. The third kappa shape index (κ3) is 5.84. The largest absolute Gasteiger partial charge is 0.395 e. The van der Waals surface area contributed by atoms with Gasteiger partial charge in [0, 0.05) is 41.9 Å². The Bertz CT molecular complexity index is 1600. The van der Waals surface area contributed by atoms with Crippen LogP contribution in [0.3, 0.4) is 0 Å². The molecule has 2 bridgehead atoms. The highest BCUT2D eigenvalue weighted by Gasteiger charge is 2.56. The maximum Gasteiger partial charge on any atom is 0.262 e. The highest BCUT2D eigenvalue weighted by Crippen LogP contribution is 2.61. The molecule has 1 saturated heterocycles. The average Bonchev–Trinajstić information content (AvgIpc) is 2.95. The maximum atomic E-state index is 13.7. The predicted octanol–water partition coefficient (Wildman–Crippen LogP) is 4.87. The van der Waals surface area contributed by atoms with Crippen molar-refractivity contribution >= 4 is 51.7 Å². The van der Waals surface area contributed by atoms with Crippen LogP contribution in [-0.4, -0.2) is 69.0 Å². The van der Waals surface area contributed by atoms with Crippen molar-refractivity contribution in [2.24, 2.45) is 28.2 Å². The van der Waals surface area contributed by atoms with Crippen LogP contribution in [-0.2, 0) is 13.0 Å². The molecule has 2 heterocycles. The van der Waals surface area contributed by atoms with Crippen LogP contribution in [0.1, 0.15) is 39.2 Å². The summed E-state index contributed by atoms with van der Waals surface area (Å²) in [6.45, 7) is 8.68. The lowest BCUT2D eigenvalue weighted by Gasteiger charge is -2.61. The van der Waals surface area contributed by atoms with Crippen molar-refractivity contribution < 1.29 is 10.2 Å². The molecule has 9 nitrogen and oxygen atoms in total. The third-order valence-electron chi connectivity index (χ3n) is 9.99. The van der Waals surface area contributed by atoms with E-state index in [4.69, 9.17) is 33.2 Å². The highest BCUT2D eigenvalue weighted by atomic mass is 35.5. The van der Waals surface area contributed by atoms with Crippen LogP contribution in [0, 0.1) is 23.2 Å². The summed E-state index contributed by atoms with van der Waals surface area (Å²) in [4.78, 5) is 25.8. The number of hydrogen-bond acceptors (Lipinski definition) is 6. The van der Waals surface area contributed by atoms with Crippen LogP contribution in [0.4, 0.5) is 11.6 Å². The van der Waals surface area contributed by atoms with Crippen molar-refractivity contribution in [3.8, 4) is 0 Å². The Morgan fingerprint density at radius 1 is 1.16 bits per heavy atom. The van der Waals surface area contributed by atoms with Crippen molar-refractivity contribution in [3.05, 3.63) is 62.4 Å². The van der Waals surface area contributed by atoms with Crippen LogP contribution in [0.15, 0.2) is 46.2 Å². The first-order valence-electron chi connectivity index (χ1n) is 15.2. The monoisotopic (exact) mass is 626 g/mol. The second kappa shape index (κ2) is 11.9. The quantitative estimate of drug-likeness (QED) is 0.208. The third-order valence-corrected chi connectivity index (χ3v) is 10.6. The number of nitrogens with one attached hydrogen (secondary N) is 2. The van der Waals surface area contributed by atoms with Gasteiger partial charge in [0.1, 0.15) is 0 Å². The first-order chi connectivity index (χ1) is 20.5. The van der Waals surface area contributed by atoms with Crippen molar-refractivity contribution in [1.29, 1.82) is 0 Å². The fourth-order valence-corrected chi connectivity index (χ4v) is 7.67. The molecule has 4 atom stereocenters. The van der Waals surface area contributed by atoms with Crippen LogP contribution < -0.4 is 16.2 Å². The van der Waals surface area contributed by atoms with Crippen LogP contribution in [0.25, 0.3) is 10.9 Å². The molecule has 3 saturated carbocycles. The number of likely N-dealkylation sites (tertiary alicyclic amines) is 1. The number of aryl methyl sites for hydroxylation is 1. The summed E-state index contributed by atoms with van der Waals surface area (Å²) in [6, 6.07) is 11.1. The number of benzene rings is 2. The number of aromatic nitrogens is 2. The molecule has 11 heteroatoms. The number of aliphatic hydroxyl groups excluding tert-OH is 2. The molecule has 0 spiro atoms. The van der Waals surface area contributed by atoms with E-state index >= 15 is 0 Å². The van der Waals surface area contributed by atoms with Gasteiger partial charge in [-0.15, -0.1) is 0 Å². The lowest BCUT2D eigenvalue weighted by molar-refractivity contribution is -0.108. The van der Waals surface area contributed by atoms with E-state index in [0.29, 0.717) is 76.1 Å². The zero-order valence-corrected chi connectivity index (χ0v) is 26.4. The van der Waals surface area contributed by atoms with Crippen molar-refractivity contribution in [1.82, 2.24) is 14.5 Å². The number of aliphatic imine (C=N–C) groups is 1. The first-order valence-corrected chi connectivity index (χ1v) is 15.9. The Morgan fingerprint density at radius 2 is 1.95 bits per heavy atom. The topological polar surface area (TPSA) is 115 Å². The van der Waals surface area contributed by atoms with Crippen LogP contribution in [0.2, 0.25) is 10.0 Å². The second-order valence-corrected chi connectivity index (χ2v) is 13.8. The Balaban J connectivity index is 1.28. The Kier molecular flexibility index (Phi) is 8.37. The number of halogens is 2. The molecule has 4 N–H and O–H groups in total. The van der Waals surface area contributed by atoms with E-state index in [-0.39, 0.29) is 30.9 Å². The molecule has 0 amide bonds. The summed E-state index contributed by atoms with van der Waals surface area (Å²) in [5, 5.41) is 27.7. The normalized spacial score (nSPS) is 24.9. The molecule has 1 aromatic heterocycles. The van der Waals surface area contributed by atoms with E-state index in [1.54, 1.807) is 22.8 Å². The summed E-state index contributed by atoms with van der Waals surface area (Å²) < 4.78 is 1.58. The smallest absolute Gasteiger partial charge is 0.262 e. The molecule has 3 aromatic rings. The second-order valence-electron chi connectivity index (χ2n) is 12.9. The Hall–Kier alpha value is -2.85. The molecule has 43 heavy (non-hydrogen) atoms. The molecular weight excluding hydrogens is 587 g/mol. The molecule has 2 aromatic carbocycles. The molecular formula is C32H40Cl2N6O3. The van der Waals surface area contributed by atoms with Crippen molar-refractivity contribution in [2.45, 2.75) is 58.7 Å². The molecule has 0 radical (unpaired) electrons. The van der Waals surface area contributed by atoms with Gasteiger partial charge in [-0.3, -0.25) is 9.36 Å². The van der Waals surface area contributed by atoms with Gasteiger partial charge in [0.2, 0.25) is 5.95 Å². The van der Waals surface area contributed by atoms with Gasteiger partial charge in [0.05, 0.1) is 29.7 Å². The SMILES string of the molecule is C[C@@H]1C(N=C(Nc2ccc3c(=O)n(CCc4ccc(Cl)cc4Cl)c(NCCO)nc3c2)N2CC(O)C2)C[C@@H]2C[C@H]1C2(C)C. The number of β-amino-alcohol motifs (C(OH)–C–C–N with tert-alkyl or cyclic N) is 1. The van der Waals surface area contributed by atoms with Gasteiger partial charge in [-0.05, 0) is 78.3 Å². The van der Waals surface area contributed by atoms with Crippen molar-refractivity contribution in [3.63, 3.8) is 0 Å². The van der Waals surface area contributed by atoms with Crippen LogP contribution >= 0.6 is 23.2 Å². The molecule has 230 valence electrons. The van der Waals surface area contributed by atoms with E-state index < -0.39 is 0 Å². The summed E-state index contributed by atoms with van der Waals surface area (Å²) in [6.07, 6.45) is 2.52. The zero-order valence-electron chi connectivity index (χ0n) is 24.9. The fourth-order valence-electron chi connectivity index (χ4n) is 7.17. The van der Waals surface area contributed by atoms with Gasteiger partial charge < -0.3 is 25.7 Å². The lowest BCUT2D eigenvalue weighted by atomic mass is 9.45. The van der Waals surface area contributed by atoms with E-state index in [1.165, 1.54) is 6.42 Å². The Morgan fingerprint density at radius 3 is 2.63 bits per heavy atom. The van der Waals surface area contributed by atoms with Crippen molar-refractivity contribution in [2.75, 3.05) is 36.9 Å². The zero-order chi connectivity index (χ0) is 30.5. The number of anilines is 2. The van der Waals surface area contributed by atoms with E-state index in [2.05, 4.69) is 36.3 Å². The first kappa shape index (κ1) is 30.2. The summed E-state index contributed by atoms with van der Waals surface area (Å²) in [7, 11) is 0. The van der Waals surface area contributed by atoms with Gasteiger partial charge in [-0.1, -0.05) is 50.0 Å². The summed E-state index contributed by atoms with van der Waals surface area (Å²) in [5.74, 6) is 3.00.